The molecule has 1 aromatic heterocycles. The highest BCUT2D eigenvalue weighted by molar-refractivity contribution is 9.10. The summed E-state index contributed by atoms with van der Waals surface area (Å²) in [6.07, 6.45) is 0.728. The second kappa shape index (κ2) is 4.88. The van der Waals surface area contributed by atoms with E-state index in [4.69, 9.17) is 11.6 Å². The molecule has 0 bridgehead atoms. The molecule has 0 radical (unpaired) electrons. The molecule has 1 aromatic rings. The molecule has 1 aliphatic heterocycles. The van der Waals surface area contributed by atoms with Crippen molar-refractivity contribution in [2.24, 2.45) is 5.92 Å². The van der Waals surface area contributed by atoms with Crippen molar-refractivity contribution in [2.45, 2.75) is 11.2 Å². The maximum atomic E-state index is 11.4. The van der Waals surface area contributed by atoms with Crippen LogP contribution in [0.5, 0.6) is 0 Å². The van der Waals surface area contributed by atoms with E-state index in [1.807, 2.05) is 6.07 Å². The van der Waals surface area contributed by atoms with E-state index in [9.17, 15) is 8.42 Å². The van der Waals surface area contributed by atoms with Gasteiger partial charge < -0.3 is 0 Å². The quantitative estimate of drug-likeness (QED) is 0.693. The first-order valence-electron chi connectivity index (χ1n) is 4.68. The Hall–Kier alpha value is 0.900. The molecule has 1 aliphatic rings. The van der Waals surface area contributed by atoms with Crippen molar-refractivity contribution < 1.29 is 8.42 Å². The summed E-state index contributed by atoms with van der Waals surface area (Å²) in [6.45, 7) is 0. The molecular formula is C9H9Br2ClO2S2. The maximum absolute atomic E-state index is 11.4. The molecule has 0 N–H and O–H groups in total. The van der Waals surface area contributed by atoms with Crippen LogP contribution < -0.4 is 0 Å². The highest BCUT2D eigenvalue weighted by Gasteiger charge is 2.34. The first-order chi connectivity index (χ1) is 7.39. The van der Waals surface area contributed by atoms with Crippen LogP contribution in [0.3, 0.4) is 0 Å². The third-order valence-corrected chi connectivity index (χ3v) is 8.51. The Morgan fingerprint density at radius 1 is 1.56 bits per heavy atom. The average Bonchev–Trinajstić information content (AvgIpc) is 2.70. The summed E-state index contributed by atoms with van der Waals surface area (Å²) >= 11 is 14.4. The van der Waals surface area contributed by atoms with Gasteiger partial charge in [-0.3, -0.25) is 0 Å². The molecule has 1 fully saturated rings. The highest BCUT2D eigenvalue weighted by atomic mass is 79.9. The van der Waals surface area contributed by atoms with Gasteiger partial charge >= 0.3 is 0 Å². The van der Waals surface area contributed by atoms with Gasteiger partial charge in [-0.25, -0.2) is 8.42 Å². The van der Waals surface area contributed by atoms with E-state index in [-0.39, 0.29) is 16.5 Å². The van der Waals surface area contributed by atoms with Gasteiger partial charge in [-0.15, -0.1) is 11.3 Å². The van der Waals surface area contributed by atoms with Crippen molar-refractivity contribution in [3.05, 3.63) is 19.8 Å². The van der Waals surface area contributed by atoms with Crippen LogP contribution in [0.1, 0.15) is 16.1 Å². The van der Waals surface area contributed by atoms with E-state index < -0.39 is 9.84 Å². The molecule has 1 saturated heterocycles. The summed E-state index contributed by atoms with van der Waals surface area (Å²) in [5, 5.41) is 0. The van der Waals surface area contributed by atoms with Gasteiger partial charge in [0.15, 0.2) is 9.84 Å². The van der Waals surface area contributed by atoms with Crippen LogP contribution in [0.25, 0.3) is 0 Å². The summed E-state index contributed by atoms with van der Waals surface area (Å²) in [6, 6.07) is 1.96. The third-order valence-electron chi connectivity index (χ3n) is 2.62. The monoisotopic (exact) mass is 406 g/mol. The lowest BCUT2D eigenvalue weighted by molar-refractivity contribution is 0.583. The van der Waals surface area contributed by atoms with E-state index >= 15 is 0 Å². The summed E-state index contributed by atoms with van der Waals surface area (Å²) in [7, 11) is -2.82. The largest absolute Gasteiger partial charge is 0.229 e. The van der Waals surface area contributed by atoms with Crippen LogP contribution in [0, 0.1) is 5.92 Å². The van der Waals surface area contributed by atoms with Gasteiger partial charge in [-0.1, -0.05) is 27.5 Å². The van der Waals surface area contributed by atoms with Gasteiger partial charge in [0.2, 0.25) is 0 Å². The Labute approximate surface area is 121 Å². The summed E-state index contributed by atoms with van der Waals surface area (Å²) in [5.41, 5.74) is 0. The molecule has 0 spiro atoms. The molecular weight excluding hydrogens is 399 g/mol. The zero-order valence-electron chi connectivity index (χ0n) is 8.12. The topological polar surface area (TPSA) is 34.1 Å². The van der Waals surface area contributed by atoms with E-state index in [0.717, 1.165) is 15.8 Å². The molecule has 7 heteroatoms. The summed E-state index contributed by atoms with van der Waals surface area (Å²) in [4.78, 5) is 1.16. The number of hydrogen-bond acceptors (Lipinski definition) is 3. The van der Waals surface area contributed by atoms with Crippen LogP contribution in [0.2, 0.25) is 4.34 Å². The van der Waals surface area contributed by atoms with Crippen molar-refractivity contribution in [3.63, 3.8) is 0 Å². The van der Waals surface area contributed by atoms with Gasteiger partial charge in [-0.05, 0) is 34.3 Å². The zero-order chi connectivity index (χ0) is 11.9. The van der Waals surface area contributed by atoms with Crippen LogP contribution in [-0.4, -0.2) is 19.9 Å². The molecule has 2 unspecified atom stereocenters. The average molecular weight is 409 g/mol. The number of alkyl halides is 1. The Bertz CT molecular complexity index is 478. The van der Waals surface area contributed by atoms with Gasteiger partial charge in [0.1, 0.15) is 4.34 Å². The lowest BCUT2D eigenvalue weighted by atomic mass is 10.0. The minimum Gasteiger partial charge on any atom is -0.229 e. The van der Waals surface area contributed by atoms with Crippen molar-refractivity contribution in [3.8, 4) is 0 Å². The molecule has 0 aliphatic carbocycles. The molecule has 2 heterocycles. The van der Waals surface area contributed by atoms with Crippen molar-refractivity contribution in [1.29, 1.82) is 0 Å². The molecule has 2 rings (SSSR count). The van der Waals surface area contributed by atoms with Gasteiger partial charge in [0, 0.05) is 9.35 Å². The molecule has 0 aromatic carbocycles. The Morgan fingerprint density at radius 2 is 2.25 bits per heavy atom. The van der Waals surface area contributed by atoms with Crippen LogP contribution in [0.15, 0.2) is 10.5 Å². The summed E-state index contributed by atoms with van der Waals surface area (Å²) in [5.74, 6) is 0.738. The summed E-state index contributed by atoms with van der Waals surface area (Å²) < 4.78 is 24.4. The first-order valence-corrected chi connectivity index (χ1v) is 9.41. The molecule has 0 saturated carbocycles. The van der Waals surface area contributed by atoms with Crippen molar-refractivity contribution >= 4 is 64.6 Å². The normalized spacial score (nSPS) is 25.8. The second-order valence-electron chi connectivity index (χ2n) is 3.84. The number of thiophene rings is 1. The lowest BCUT2D eigenvalue weighted by Gasteiger charge is -2.13. The molecule has 2 atom stereocenters. The van der Waals surface area contributed by atoms with Gasteiger partial charge in [-0.2, -0.15) is 0 Å². The SMILES string of the molecule is O=S1(=O)CCC(C(Br)c2cc(Br)c(Cl)s2)C1. The van der Waals surface area contributed by atoms with Crippen LogP contribution >= 0.6 is 54.8 Å². The predicted octanol–water partition coefficient (Wildman–Crippen LogP) is 4.03. The lowest BCUT2D eigenvalue weighted by Crippen LogP contribution is -2.09. The molecule has 16 heavy (non-hydrogen) atoms. The number of hydrogen-bond donors (Lipinski definition) is 0. The smallest absolute Gasteiger partial charge is 0.150 e. The number of sulfone groups is 1. The van der Waals surface area contributed by atoms with E-state index in [0.29, 0.717) is 10.1 Å². The van der Waals surface area contributed by atoms with Gasteiger partial charge in [0.25, 0.3) is 0 Å². The Balaban J connectivity index is 2.17. The second-order valence-corrected chi connectivity index (χ2v) is 9.59. The molecule has 90 valence electrons. The number of rotatable bonds is 2. The minimum absolute atomic E-state index is 0.0820. The fourth-order valence-corrected chi connectivity index (χ4v) is 6.55. The van der Waals surface area contributed by atoms with E-state index in [1.54, 1.807) is 0 Å². The van der Waals surface area contributed by atoms with Gasteiger partial charge in [0.05, 0.1) is 16.3 Å². The fourth-order valence-electron chi connectivity index (χ4n) is 1.79. The van der Waals surface area contributed by atoms with E-state index in [1.165, 1.54) is 11.3 Å². The van der Waals surface area contributed by atoms with Crippen LogP contribution in [0.4, 0.5) is 0 Å². The predicted molar refractivity (Wildman–Crippen MR) is 75.5 cm³/mol. The zero-order valence-corrected chi connectivity index (χ0v) is 13.7. The molecule has 0 amide bonds. The Kier molecular flexibility index (Phi) is 4.07. The van der Waals surface area contributed by atoms with Crippen molar-refractivity contribution in [1.82, 2.24) is 0 Å². The third kappa shape index (κ3) is 2.83. The first kappa shape index (κ1) is 13.3. The molecule has 2 nitrogen and oxygen atoms in total. The maximum Gasteiger partial charge on any atom is 0.150 e. The number of halogens is 3. The van der Waals surface area contributed by atoms with Crippen molar-refractivity contribution in [2.75, 3.05) is 11.5 Å². The minimum atomic E-state index is -2.82. The Morgan fingerprint density at radius 3 is 2.69 bits per heavy atom. The van der Waals surface area contributed by atoms with Crippen LogP contribution in [-0.2, 0) is 9.84 Å². The highest BCUT2D eigenvalue weighted by Crippen LogP contribution is 2.44. The fraction of sp³-hybridized carbons (Fsp3) is 0.556. The standard InChI is InChI=1S/C9H9Br2ClO2S2/c10-6-3-7(15-9(6)12)8(11)5-1-2-16(13,14)4-5/h3,5,8H,1-2,4H2. The van der Waals surface area contributed by atoms with E-state index in [2.05, 4.69) is 31.9 Å².